The molecule has 1 aromatic heterocycles. The Morgan fingerprint density at radius 3 is 2.44 bits per heavy atom. The van der Waals surface area contributed by atoms with Crippen molar-refractivity contribution in [3.05, 3.63) is 87.1 Å². The summed E-state index contributed by atoms with van der Waals surface area (Å²) in [6.07, 6.45) is 0.893. The van der Waals surface area contributed by atoms with Crippen molar-refractivity contribution >= 4 is 34.5 Å². The Balaban J connectivity index is 1.82. The summed E-state index contributed by atoms with van der Waals surface area (Å²) in [6.45, 7) is 6.60. The maximum atomic E-state index is 13.1. The largest absolute Gasteiger partial charge is 0.507 e. The molecule has 1 N–H and O–H groups in total. The van der Waals surface area contributed by atoms with E-state index in [-0.39, 0.29) is 11.3 Å². The van der Waals surface area contributed by atoms with E-state index in [1.54, 1.807) is 24.3 Å². The van der Waals surface area contributed by atoms with E-state index in [0.29, 0.717) is 23.6 Å². The van der Waals surface area contributed by atoms with Crippen molar-refractivity contribution in [1.29, 1.82) is 0 Å². The second-order valence-electron chi connectivity index (χ2n) is 7.83. The van der Waals surface area contributed by atoms with E-state index in [4.69, 9.17) is 4.74 Å². The van der Waals surface area contributed by atoms with Gasteiger partial charge >= 0.3 is 0 Å². The van der Waals surface area contributed by atoms with Crippen molar-refractivity contribution in [2.24, 2.45) is 0 Å². The van der Waals surface area contributed by atoms with E-state index in [0.717, 1.165) is 22.4 Å². The summed E-state index contributed by atoms with van der Waals surface area (Å²) < 4.78 is 5.60. The molecule has 1 aliphatic rings. The number of anilines is 1. The molecule has 1 atom stereocenters. The average Bonchev–Trinajstić information content (AvgIpc) is 3.41. The summed E-state index contributed by atoms with van der Waals surface area (Å²) in [4.78, 5) is 28.6. The van der Waals surface area contributed by atoms with Gasteiger partial charge in [-0.1, -0.05) is 19.1 Å². The molecule has 0 aliphatic carbocycles. The zero-order chi connectivity index (χ0) is 22.8. The van der Waals surface area contributed by atoms with Gasteiger partial charge in [0.2, 0.25) is 0 Å². The first-order valence-corrected chi connectivity index (χ1v) is 11.4. The standard InChI is InChI=1S/C26H25NO4S/c1-4-13-31-20-11-8-18(9-12-20)24(28)22-23(21-6-5-14-32-21)27(26(30)25(22)29)19-10-7-16(2)17(3)15-19/h5-12,14-15,23,28H,4,13H2,1-3H3/b24-22-. The van der Waals surface area contributed by atoms with Crippen LogP contribution in [-0.2, 0) is 9.59 Å². The summed E-state index contributed by atoms with van der Waals surface area (Å²) >= 11 is 1.45. The van der Waals surface area contributed by atoms with Gasteiger partial charge in [0.1, 0.15) is 17.6 Å². The molecule has 0 saturated carbocycles. The Labute approximate surface area is 191 Å². The molecule has 1 unspecified atom stereocenters. The van der Waals surface area contributed by atoms with Gasteiger partial charge in [0.15, 0.2) is 0 Å². The predicted molar refractivity (Wildman–Crippen MR) is 127 cm³/mol. The van der Waals surface area contributed by atoms with Crippen LogP contribution in [0.4, 0.5) is 5.69 Å². The highest BCUT2D eigenvalue weighted by atomic mass is 32.1. The number of aliphatic hydroxyl groups excluding tert-OH is 1. The van der Waals surface area contributed by atoms with Gasteiger partial charge in [0.25, 0.3) is 11.7 Å². The smallest absolute Gasteiger partial charge is 0.300 e. The lowest BCUT2D eigenvalue weighted by Gasteiger charge is -2.24. The minimum Gasteiger partial charge on any atom is -0.507 e. The zero-order valence-corrected chi connectivity index (χ0v) is 19.1. The zero-order valence-electron chi connectivity index (χ0n) is 18.3. The first-order chi connectivity index (χ1) is 15.4. The van der Waals surface area contributed by atoms with E-state index < -0.39 is 17.7 Å². The number of amides is 1. The molecule has 6 heteroatoms. The van der Waals surface area contributed by atoms with E-state index in [9.17, 15) is 14.7 Å². The monoisotopic (exact) mass is 447 g/mol. The Hall–Kier alpha value is -3.38. The van der Waals surface area contributed by atoms with Crippen LogP contribution in [0.25, 0.3) is 5.76 Å². The number of Topliss-reactive ketones (excluding diaryl/α,β-unsaturated/α-hetero) is 1. The maximum absolute atomic E-state index is 13.1. The number of carbonyl (C=O) groups is 2. The number of rotatable bonds is 6. The van der Waals surface area contributed by atoms with Gasteiger partial charge in [0.05, 0.1) is 12.2 Å². The summed E-state index contributed by atoms with van der Waals surface area (Å²) in [7, 11) is 0. The second-order valence-corrected chi connectivity index (χ2v) is 8.81. The molecule has 32 heavy (non-hydrogen) atoms. The van der Waals surface area contributed by atoms with Crippen molar-refractivity contribution < 1.29 is 19.4 Å². The van der Waals surface area contributed by atoms with Crippen molar-refractivity contribution in [3.63, 3.8) is 0 Å². The third kappa shape index (κ3) is 3.94. The number of aliphatic hydroxyl groups is 1. The van der Waals surface area contributed by atoms with Crippen LogP contribution in [0.3, 0.4) is 0 Å². The van der Waals surface area contributed by atoms with Gasteiger partial charge in [-0.25, -0.2) is 0 Å². The van der Waals surface area contributed by atoms with Gasteiger partial charge in [-0.05, 0) is 79.2 Å². The van der Waals surface area contributed by atoms with E-state index in [1.165, 1.54) is 16.2 Å². The molecule has 1 aliphatic heterocycles. The number of nitrogens with zero attached hydrogens (tertiary/aromatic N) is 1. The molecule has 2 aromatic carbocycles. The third-order valence-corrected chi connectivity index (χ3v) is 6.55. The Kier molecular flexibility index (Phi) is 6.15. The number of carbonyl (C=O) groups excluding carboxylic acids is 2. The van der Waals surface area contributed by atoms with Gasteiger partial charge in [0, 0.05) is 16.1 Å². The fourth-order valence-corrected chi connectivity index (χ4v) is 4.60. The third-order valence-electron chi connectivity index (χ3n) is 5.63. The fraction of sp³-hybridized carbons (Fsp3) is 0.231. The highest BCUT2D eigenvalue weighted by molar-refractivity contribution is 7.10. The summed E-state index contributed by atoms with van der Waals surface area (Å²) in [5.74, 6) is -0.828. The van der Waals surface area contributed by atoms with Crippen LogP contribution in [0.15, 0.2) is 65.6 Å². The molecule has 5 nitrogen and oxygen atoms in total. The molecular weight excluding hydrogens is 422 g/mol. The normalized spacial score (nSPS) is 17.7. The topological polar surface area (TPSA) is 66.8 Å². The predicted octanol–water partition coefficient (Wildman–Crippen LogP) is 5.78. The molecule has 0 bridgehead atoms. The molecule has 0 spiro atoms. The lowest BCUT2D eigenvalue weighted by atomic mass is 9.99. The summed E-state index contributed by atoms with van der Waals surface area (Å²) in [5, 5.41) is 13.1. The molecule has 0 radical (unpaired) electrons. The Morgan fingerprint density at radius 1 is 1.06 bits per heavy atom. The molecular formula is C26H25NO4S. The van der Waals surface area contributed by atoms with Crippen LogP contribution < -0.4 is 9.64 Å². The SMILES string of the molecule is CCCOc1ccc(/C(O)=C2/C(=O)C(=O)N(c3ccc(C)c(C)c3)C2c2cccs2)cc1. The van der Waals surface area contributed by atoms with E-state index in [1.807, 2.05) is 56.5 Å². The molecule has 4 rings (SSSR count). The van der Waals surface area contributed by atoms with E-state index in [2.05, 4.69) is 0 Å². The minimum absolute atomic E-state index is 0.0953. The van der Waals surface area contributed by atoms with Gasteiger partial charge in [-0.3, -0.25) is 14.5 Å². The lowest BCUT2D eigenvalue weighted by molar-refractivity contribution is -0.132. The molecule has 164 valence electrons. The first-order valence-electron chi connectivity index (χ1n) is 10.6. The van der Waals surface area contributed by atoms with Crippen molar-refractivity contribution in [2.45, 2.75) is 33.2 Å². The van der Waals surface area contributed by atoms with Crippen LogP contribution in [0, 0.1) is 13.8 Å². The highest BCUT2D eigenvalue weighted by Crippen LogP contribution is 2.43. The van der Waals surface area contributed by atoms with Gasteiger partial charge in [-0.15, -0.1) is 11.3 Å². The van der Waals surface area contributed by atoms with Crippen LogP contribution in [-0.4, -0.2) is 23.4 Å². The number of hydrogen-bond acceptors (Lipinski definition) is 5. The minimum atomic E-state index is -0.689. The van der Waals surface area contributed by atoms with Crippen molar-refractivity contribution in [3.8, 4) is 5.75 Å². The van der Waals surface area contributed by atoms with Crippen LogP contribution >= 0.6 is 11.3 Å². The summed E-state index contributed by atoms with van der Waals surface area (Å²) in [5.41, 5.74) is 3.32. The van der Waals surface area contributed by atoms with Crippen LogP contribution in [0.2, 0.25) is 0 Å². The highest BCUT2D eigenvalue weighted by Gasteiger charge is 2.47. The lowest BCUT2D eigenvalue weighted by Crippen LogP contribution is -2.29. The number of ketones is 1. The Bertz CT molecular complexity index is 1180. The quantitative estimate of drug-likeness (QED) is 0.295. The fourth-order valence-electron chi connectivity index (χ4n) is 3.77. The van der Waals surface area contributed by atoms with Crippen LogP contribution in [0.1, 0.15) is 41.0 Å². The van der Waals surface area contributed by atoms with Crippen molar-refractivity contribution in [2.75, 3.05) is 11.5 Å². The molecule has 3 aromatic rings. The Morgan fingerprint density at radius 2 is 1.81 bits per heavy atom. The number of thiophene rings is 1. The van der Waals surface area contributed by atoms with Gasteiger partial charge < -0.3 is 9.84 Å². The van der Waals surface area contributed by atoms with Crippen molar-refractivity contribution in [1.82, 2.24) is 0 Å². The summed E-state index contributed by atoms with van der Waals surface area (Å²) in [6, 6.07) is 15.7. The number of aryl methyl sites for hydroxylation is 2. The number of hydrogen-bond donors (Lipinski definition) is 1. The second kappa shape index (κ2) is 9.01. The molecule has 1 fully saturated rings. The van der Waals surface area contributed by atoms with Gasteiger partial charge in [-0.2, -0.15) is 0 Å². The molecule has 2 heterocycles. The van der Waals surface area contributed by atoms with E-state index >= 15 is 0 Å². The molecule has 1 amide bonds. The van der Waals surface area contributed by atoms with Crippen LogP contribution in [0.5, 0.6) is 5.75 Å². The average molecular weight is 448 g/mol. The number of benzene rings is 2. The maximum Gasteiger partial charge on any atom is 0.300 e. The molecule has 1 saturated heterocycles. The first kappa shape index (κ1) is 21.8. The number of ether oxygens (including phenoxy) is 1.